The molecule has 2 N–H and O–H groups in total. The topological polar surface area (TPSA) is 75.2 Å². The molecular weight excluding hydrogens is 394 g/mol. The van der Waals surface area contributed by atoms with E-state index in [9.17, 15) is 13.6 Å². The van der Waals surface area contributed by atoms with Crippen LogP contribution in [-0.2, 0) is 16.1 Å². The van der Waals surface area contributed by atoms with Gasteiger partial charge in [-0.15, -0.1) is 0 Å². The van der Waals surface area contributed by atoms with Crippen LogP contribution in [0.3, 0.4) is 0 Å². The first-order chi connectivity index (χ1) is 13.3. The molecule has 0 spiro atoms. The van der Waals surface area contributed by atoms with Crippen LogP contribution in [0.2, 0.25) is 5.02 Å². The Morgan fingerprint density at radius 1 is 1.43 bits per heavy atom. The summed E-state index contributed by atoms with van der Waals surface area (Å²) in [6.07, 6.45) is 2.01. The average molecular weight is 419 g/mol. The number of guanidine groups is 1. The number of amides is 1. The summed E-state index contributed by atoms with van der Waals surface area (Å²) in [6.45, 7) is -1.61. The number of nitrogens with zero attached hydrogens (tertiary/aromatic N) is 2. The van der Waals surface area contributed by atoms with Gasteiger partial charge in [0, 0.05) is 37.8 Å². The Hall–Kier alpha value is -2.13. The van der Waals surface area contributed by atoms with E-state index in [1.54, 1.807) is 14.1 Å². The molecule has 1 aromatic carbocycles. The van der Waals surface area contributed by atoms with Crippen molar-refractivity contribution in [1.29, 1.82) is 0 Å². The monoisotopic (exact) mass is 418 g/mol. The van der Waals surface area contributed by atoms with Crippen molar-refractivity contribution in [2.45, 2.75) is 32.1 Å². The van der Waals surface area contributed by atoms with E-state index in [4.69, 9.17) is 16.3 Å². The van der Waals surface area contributed by atoms with Crippen molar-refractivity contribution >= 4 is 23.5 Å². The molecule has 0 aliphatic carbocycles. The smallest absolute Gasteiger partial charge is 0.387 e. The second-order valence-corrected chi connectivity index (χ2v) is 6.89. The molecule has 1 aliphatic rings. The number of halogens is 3. The van der Waals surface area contributed by atoms with Crippen molar-refractivity contribution in [2.75, 3.05) is 33.8 Å². The molecule has 1 aromatic rings. The molecule has 0 bridgehead atoms. The minimum absolute atomic E-state index is 0.00555. The molecule has 0 saturated carbocycles. The van der Waals surface area contributed by atoms with Gasteiger partial charge in [0.2, 0.25) is 5.91 Å². The minimum atomic E-state index is -2.95. The van der Waals surface area contributed by atoms with Gasteiger partial charge in [-0.25, -0.2) is 4.99 Å². The third-order valence-electron chi connectivity index (χ3n) is 4.07. The lowest BCUT2D eigenvalue weighted by molar-refractivity contribution is -0.127. The lowest BCUT2D eigenvalue weighted by Crippen LogP contribution is -2.45. The van der Waals surface area contributed by atoms with E-state index >= 15 is 0 Å². The SMILES string of the molecule is CN(C)C(=O)CNC(=NCc1cc(Cl)ccc1OC(F)F)NCC1CCCO1. The Bertz CT molecular complexity index is 683. The standard InChI is InChI=1S/C18H25ClF2N4O3/c1-25(2)16(26)11-24-18(23-10-14-4-3-7-27-14)22-9-12-8-13(19)5-6-15(12)28-17(20)21/h5-6,8,14,17H,3-4,7,9-11H2,1-2H3,(H2,22,23,24). The fourth-order valence-corrected chi connectivity index (χ4v) is 2.75. The summed E-state index contributed by atoms with van der Waals surface area (Å²) < 4.78 is 35.3. The van der Waals surface area contributed by atoms with E-state index < -0.39 is 6.61 Å². The van der Waals surface area contributed by atoms with Gasteiger partial charge in [-0.2, -0.15) is 8.78 Å². The van der Waals surface area contributed by atoms with Crippen molar-refractivity contribution in [3.8, 4) is 5.75 Å². The van der Waals surface area contributed by atoms with Crippen LogP contribution in [0.25, 0.3) is 0 Å². The number of aliphatic imine (C=N–C) groups is 1. The highest BCUT2D eigenvalue weighted by Crippen LogP contribution is 2.25. The molecule has 2 rings (SSSR count). The summed E-state index contributed by atoms with van der Waals surface area (Å²) in [7, 11) is 3.31. The maximum absolute atomic E-state index is 12.6. The van der Waals surface area contributed by atoms with Crippen molar-refractivity contribution < 1.29 is 23.0 Å². The Kier molecular flexibility index (Phi) is 8.72. The molecule has 7 nitrogen and oxygen atoms in total. The van der Waals surface area contributed by atoms with Crippen molar-refractivity contribution in [2.24, 2.45) is 4.99 Å². The van der Waals surface area contributed by atoms with Gasteiger partial charge in [0.25, 0.3) is 0 Å². The average Bonchev–Trinajstić information content (AvgIpc) is 3.15. The number of likely N-dealkylation sites (N-methyl/N-ethyl adjacent to an activating group) is 1. The van der Waals surface area contributed by atoms with Crippen LogP contribution in [0.5, 0.6) is 5.75 Å². The van der Waals surface area contributed by atoms with E-state index in [-0.39, 0.29) is 30.9 Å². The fourth-order valence-electron chi connectivity index (χ4n) is 2.55. The molecule has 1 heterocycles. The number of nitrogens with one attached hydrogen (secondary N) is 2. The molecule has 10 heteroatoms. The van der Waals surface area contributed by atoms with Gasteiger partial charge < -0.3 is 25.0 Å². The second-order valence-electron chi connectivity index (χ2n) is 6.45. The van der Waals surface area contributed by atoms with Gasteiger partial charge in [-0.3, -0.25) is 4.79 Å². The number of benzene rings is 1. The molecular formula is C18H25ClF2N4O3. The van der Waals surface area contributed by atoms with Crippen molar-refractivity contribution in [3.63, 3.8) is 0 Å². The minimum Gasteiger partial charge on any atom is -0.434 e. The number of ether oxygens (including phenoxy) is 2. The van der Waals surface area contributed by atoms with Crippen molar-refractivity contribution in [3.05, 3.63) is 28.8 Å². The molecule has 1 saturated heterocycles. The third-order valence-corrected chi connectivity index (χ3v) is 4.31. The van der Waals surface area contributed by atoms with Crippen LogP contribution in [0.1, 0.15) is 18.4 Å². The van der Waals surface area contributed by atoms with E-state index in [1.165, 1.54) is 23.1 Å². The first-order valence-corrected chi connectivity index (χ1v) is 9.30. The first kappa shape index (κ1) is 22.2. The van der Waals surface area contributed by atoms with Crippen molar-refractivity contribution in [1.82, 2.24) is 15.5 Å². The lowest BCUT2D eigenvalue weighted by atomic mass is 10.2. The maximum Gasteiger partial charge on any atom is 0.387 e. The third kappa shape index (κ3) is 7.47. The Labute approximate surface area is 168 Å². The molecule has 1 atom stereocenters. The maximum atomic E-state index is 12.6. The summed E-state index contributed by atoms with van der Waals surface area (Å²) in [4.78, 5) is 17.7. The van der Waals surface area contributed by atoms with Gasteiger partial charge in [0.1, 0.15) is 5.75 Å². The Morgan fingerprint density at radius 3 is 2.86 bits per heavy atom. The highest BCUT2D eigenvalue weighted by molar-refractivity contribution is 6.30. The van der Waals surface area contributed by atoms with Gasteiger partial charge >= 0.3 is 6.61 Å². The quantitative estimate of drug-likeness (QED) is 0.500. The highest BCUT2D eigenvalue weighted by Gasteiger charge is 2.16. The molecule has 1 aliphatic heterocycles. The van der Waals surface area contributed by atoms with E-state index in [0.717, 1.165) is 19.4 Å². The van der Waals surface area contributed by atoms with Gasteiger partial charge in [0.15, 0.2) is 5.96 Å². The lowest BCUT2D eigenvalue weighted by Gasteiger charge is -2.17. The largest absolute Gasteiger partial charge is 0.434 e. The summed E-state index contributed by atoms with van der Waals surface area (Å²) in [5, 5.41) is 6.45. The molecule has 0 radical (unpaired) electrons. The number of carbonyl (C=O) groups excluding carboxylic acids is 1. The Morgan fingerprint density at radius 2 is 2.21 bits per heavy atom. The zero-order valence-electron chi connectivity index (χ0n) is 15.9. The van der Waals surface area contributed by atoms with Crippen LogP contribution in [0, 0.1) is 0 Å². The summed E-state index contributed by atoms with van der Waals surface area (Å²) in [5.74, 6) is 0.246. The van der Waals surface area contributed by atoms with E-state index in [2.05, 4.69) is 20.4 Å². The van der Waals surface area contributed by atoms with Gasteiger partial charge in [0.05, 0.1) is 19.2 Å². The number of hydrogen-bond donors (Lipinski definition) is 2. The fraction of sp³-hybridized carbons (Fsp3) is 0.556. The van der Waals surface area contributed by atoms with Crippen LogP contribution in [-0.4, -0.2) is 63.3 Å². The van der Waals surface area contributed by atoms with Crippen LogP contribution in [0.15, 0.2) is 23.2 Å². The van der Waals surface area contributed by atoms with Crippen LogP contribution >= 0.6 is 11.6 Å². The molecule has 156 valence electrons. The predicted molar refractivity (Wildman–Crippen MR) is 103 cm³/mol. The van der Waals surface area contributed by atoms with E-state index in [0.29, 0.717) is 23.1 Å². The van der Waals surface area contributed by atoms with Gasteiger partial charge in [-0.05, 0) is 31.0 Å². The zero-order valence-corrected chi connectivity index (χ0v) is 16.6. The van der Waals surface area contributed by atoms with Crippen LogP contribution < -0.4 is 15.4 Å². The molecule has 28 heavy (non-hydrogen) atoms. The summed E-state index contributed by atoms with van der Waals surface area (Å²) in [6, 6.07) is 4.37. The normalized spacial score (nSPS) is 16.9. The number of hydrogen-bond acceptors (Lipinski definition) is 4. The number of alkyl halides is 2. The first-order valence-electron chi connectivity index (χ1n) is 8.92. The summed E-state index contributed by atoms with van der Waals surface area (Å²) in [5.41, 5.74) is 0.407. The number of rotatable bonds is 8. The second kappa shape index (κ2) is 11.0. The van der Waals surface area contributed by atoms with Crippen LogP contribution in [0.4, 0.5) is 8.78 Å². The number of carbonyl (C=O) groups is 1. The molecule has 1 amide bonds. The molecule has 0 aromatic heterocycles. The molecule has 1 unspecified atom stereocenters. The zero-order chi connectivity index (χ0) is 20.5. The van der Waals surface area contributed by atoms with Gasteiger partial charge in [-0.1, -0.05) is 11.6 Å². The predicted octanol–water partition coefficient (Wildman–Crippen LogP) is 2.24. The molecule has 1 fully saturated rings. The van der Waals surface area contributed by atoms with E-state index in [1.807, 2.05) is 0 Å². The highest BCUT2D eigenvalue weighted by atomic mass is 35.5. The Balaban J connectivity index is 2.08. The summed E-state index contributed by atoms with van der Waals surface area (Å²) >= 11 is 5.96.